The van der Waals surface area contributed by atoms with Crippen LogP contribution in [0.15, 0.2) is 0 Å². The summed E-state index contributed by atoms with van der Waals surface area (Å²) >= 11 is 0. The first-order valence-electron chi connectivity index (χ1n) is 7.68. The maximum absolute atomic E-state index is 12.0. The molecule has 1 saturated carbocycles. The van der Waals surface area contributed by atoms with E-state index in [-0.39, 0.29) is 11.5 Å². The van der Waals surface area contributed by atoms with Gasteiger partial charge in [-0.3, -0.25) is 9.69 Å². The molecular formula is C15H28N2O2. The smallest absolute Gasteiger partial charge is 0.234 e. The van der Waals surface area contributed by atoms with Crippen molar-refractivity contribution in [1.29, 1.82) is 0 Å². The molecule has 19 heavy (non-hydrogen) atoms. The molecule has 0 bridgehead atoms. The van der Waals surface area contributed by atoms with Gasteiger partial charge >= 0.3 is 0 Å². The van der Waals surface area contributed by atoms with Gasteiger partial charge in [0.2, 0.25) is 5.91 Å². The largest absolute Gasteiger partial charge is 0.373 e. The van der Waals surface area contributed by atoms with Gasteiger partial charge in [0.15, 0.2) is 0 Å². The predicted molar refractivity (Wildman–Crippen MR) is 76.1 cm³/mol. The Morgan fingerprint density at radius 2 is 2.05 bits per heavy atom. The molecule has 110 valence electrons. The number of hydrogen-bond donors (Lipinski definition) is 1. The van der Waals surface area contributed by atoms with Crippen molar-refractivity contribution in [3.63, 3.8) is 0 Å². The summed E-state index contributed by atoms with van der Waals surface area (Å²) in [5.74, 6) is 0.877. The van der Waals surface area contributed by atoms with Crippen molar-refractivity contribution >= 4 is 5.91 Å². The Morgan fingerprint density at radius 1 is 1.32 bits per heavy atom. The average molecular weight is 268 g/mol. The third kappa shape index (κ3) is 5.11. The zero-order valence-corrected chi connectivity index (χ0v) is 12.4. The molecule has 1 saturated heterocycles. The molecular weight excluding hydrogens is 240 g/mol. The number of morpholine rings is 1. The van der Waals surface area contributed by atoms with Crippen LogP contribution in [-0.2, 0) is 9.53 Å². The molecule has 0 aromatic carbocycles. The van der Waals surface area contributed by atoms with E-state index < -0.39 is 0 Å². The number of nitrogens with zero attached hydrogens (tertiary/aromatic N) is 1. The Morgan fingerprint density at radius 3 is 2.74 bits per heavy atom. The van der Waals surface area contributed by atoms with E-state index in [4.69, 9.17) is 4.74 Å². The Hall–Kier alpha value is -0.610. The van der Waals surface area contributed by atoms with Crippen LogP contribution in [0.2, 0.25) is 0 Å². The normalized spacial score (nSPS) is 25.2. The molecule has 1 aliphatic heterocycles. The molecule has 1 amide bonds. The summed E-state index contributed by atoms with van der Waals surface area (Å²) in [7, 11) is 0. The van der Waals surface area contributed by atoms with Crippen molar-refractivity contribution in [2.45, 2.75) is 51.6 Å². The number of nitrogens with one attached hydrogen (secondary N) is 1. The molecule has 2 rings (SSSR count). The van der Waals surface area contributed by atoms with E-state index in [0.717, 1.165) is 26.2 Å². The highest BCUT2D eigenvalue weighted by Crippen LogP contribution is 2.22. The fraction of sp³-hybridized carbons (Fsp3) is 0.933. The summed E-state index contributed by atoms with van der Waals surface area (Å²) in [6.07, 6.45) is 6.60. The molecule has 0 aromatic heterocycles. The molecule has 0 unspecified atom stereocenters. The van der Waals surface area contributed by atoms with Crippen molar-refractivity contribution in [1.82, 2.24) is 10.2 Å². The molecule has 2 fully saturated rings. The van der Waals surface area contributed by atoms with Crippen LogP contribution in [0.1, 0.15) is 46.0 Å². The van der Waals surface area contributed by atoms with Crippen LogP contribution in [0.4, 0.5) is 0 Å². The number of hydrogen-bond acceptors (Lipinski definition) is 3. The highest BCUT2D eigenvalue weighted by atomic mass is 16.5. The fourth-order valence-corrected chi connectivity index (χ4v) is 3.16. The Labute approximate surface area is 116 Å². The second-order valence-electron chi connectivity index (χ2n) is 6.63. The monoisotopic (exact) mass is 268 g/mol. The third-order valence-corrected chi connectivity index (χ3v) is 4.18. The molecule has 0 spiro atoms. The number of rotatable bonds is 4. The molecule has 0 aromatic rings. The van der Waals surface area contributed by atoms with E-state index >= 15 is 0 Å². The van der Waals surface area contributed by atoms with Gasteiger partial charge in [0, 0.05) is 19.6 Å². The SMILES string of the molecule is CC1(C)CN(CC(=O)NCC2CCCCC2)CCO1. The number of ether oxygens (including phenoxy) is 1. The Kier molecular flexibility index (Phi) is 5.22. The number of carbonyl (C=O) groups is 1. The zero-order valence-electron chi connectivity index (χ0n) is 12.4. The van der Waals surface area contributed by atoms with E-state index in [1.54, 1.807) is 0 Å². The molecule has 1 heterocycles. The number of amides is 1. The summed E-state index contributed by atoms with van der Waals surface area (Å²) in [4.78, 5) is 14.2. The van der Waals surface area contributed by atoms with Gasteiger partial charge in [-0.05, 0) is 32.6 Å². The summed E-state index contributed by atoms with van der Waals surface area (Å²) in [6.45, 7) is 7.97. The minimum absolute atomic E-state index is 0.123. The first-order chi connectivity index (χ1) is 9.05. The topological polar surface area (TPSA) is 41.6 Å². The van der Waals surface area contributed by atoms with Gasteiger partial charge in [-0.1, -0.05) is 19.3 Å². The lowest BCUT2D eigenvalue weighted by Crippen LogP contribution is -2.51. The molecule has 1 N–H and O–H groups in total. The van der Waals surface area contributed by atoms with Gasteiger partial charge in [-0.2, -0.15) is 0 Å². The molecule has 0 atom stereocenters. The first-order valence-corrected chi connectivity index (χ1v) is 7.68. The minimum atomic E-state index is -0.123. The van der Waals surface area contributed by atoms with Gasteiger partial charge in [0.25, 0.3) is 0 Å². The molecule has 0 radical (unpaired) electrons. The fourth-order valence-electron chi connectivity index (χ4n) is 3.16. The molecule has 4 nitrogen and oxygen atoms in total. The van der Waals surface area contributed by atoms with Crippen LogP contribution in [0.3, 0.4) is 0 Å². The van der Waals surface area contributed by atoms with E-state index in [1.807, 2.05) is 0 Å². The average Bonchev–Trinajstić information content (AvgIpc) is 2.36. The van der Waals surface area contributed by atoms with E-state index in [1.165, 1.54) is 32.1 Å². The van der Waals surface area contributed by atoms with Crippen LogP contribution in [0, 0.1) is 5.92 Å². The van der Waals surface area contributed by atoms with Gasteiger partial charge < -0.3 is 10.1 Å². The second-order valence-corrected chi connectivity index (χ2v) is 6.63. The van der Waals surface area contributed by atoms with Crippen LogP contribution in [-0.4, -0.2) is 49.2 Å². The predicted octanol–water partition coefficient (Wildman–Crippen LogP) is 1.79. The lowest BCUT2D eigenvalue weighted by atomic mass is 9.89. The summed E-state index contributed by atoms with van der Waals surface area (Å²) in [5, 5.41) is 3.11. The maximum atomic E-state index is 12.0. The van der Waals surface area contributed by atoms with E-state index in [2.05, 4.69) is 24.1 Å². The van der Waals surface area contributed by atoms with Gasteiger partial charge in [0.05, 0.1) is 18.8 Å². The lowest BCUT2D eigenvalue weighted by Gasteiger charge is -2.37. The van der Waals surface area contributed by atoms with Gasteiger partial charge in [0.1, 0.15) is 0 Å². The molecule has 4 heteroatoms. The van der Waals surface area contributed by atoms with Gasteiger partial charge in [-0.25, -0.2) is 0 Å². The van der Waals surface area contributed by atoms with Crippen LogP contribution < -0.4 is 5.32 Å². The van der Waals surface area contributed by atoms with Gasteiger partial charge in [-0.15, -0.1) is 0 Å². The van der Waals surface area contributed by atoms with Crippen LogP contribution >= 0.6 is 0 Å². The van der Waals surface area contributed by atoms with Crippen LogP contribution in [0.5, 0.6) is 0 Å². The second kappa shape index (κ2) is 6.71. The van der Waals surface area contributed by atoms with Crippen molar-refractivity contribution in [2.24, 2.45) is 5.92 Å². The van der Waals surface area contributed by atoms with Crippen molar-refractivity contribution < 1.29 is 9.53 Å². The number of carbonyl (C=O) groups excluding carboxylic acids is 1. The minimum Gasteiger partial charge on any atom is -0.373 e. The van der Waals surface area contributed by atoms with E-state index in [0.29, 0.717) is 12.5 Å². The zero-order chi connectivity index (χ0) is 13.7. The Balaban J connectivity index is 1.66. The first kappa shape index (κ1) is 14.8. The standard InChI is InChI=1S/C15H28N2O2/c1-15(2)12-17(8-9-19-15)11-14(18)16-10-13-6-4-3-5-7-13/h13H,3-12H2,1-2H3,(H,16,18). The van der Waals surface area contributed by atoms with Crippen molar-refractivity contribution in [2.75, 3.05) is 32.8 Å². The van der Waals surface area contributed by atoms with E-state index in [9.17, 15) is 4.79 Å². The van der Waals surface area contributed by atoms with Crippen molar-refractivity contribution in [3.05, 3.63) is 0 Å². The van der Waals surface area contributed by atoms with Crippen LogP contribution in [0.25, 0.3) is 0 Å². The maximum Gasteiger partial charge on any atom is 0.234 e. The molecule has 1 aliphatic carbocycles. The highest BCUT2D eigenvalue weighted by Gasteiger charge is 2.28. The quantitative estimate of drug-likeness (QED) is 0.845. The Bertz CT molecular complexity index is 299. The summed E-state index contributed by atoms with van der Waals surface area (Å²) in [5.41, 5.74) is -0.123. The summed E-state index contributed by atoms with van der Waals surface area (Å²) in [6, 6.07) is 0. The molecule has 2 aliphatic rings. The third-order valence-electron chi connectivity index (χ3n) is 4.18. The highest BCUT2D eigenvalue weighted by molar-refractivity contribution is 5.78. The summed E-state index contributed by atoms with van der Waals surface area (Å²) < 4.78 is 5.66. The van der Waals surface area contributed by atoms with Crippen molar-refractivity contribution in [3.8, 4) is 0 Å². The lowest BCUT2D eigenvalue weighted by molar-refractivity contribution is -0.127.